The molecule has 2 fully saturated rings. The molecule has 0 unspecified atom stereocenters. The Morgan fingerprint density at radius 1 is 1.35 bits per heavy atom. The van der Waals surface area contributed by atoms with E-state index in [9.17, 15) is 9.59 Å². The second kappa shape index (κ2) is 6.55. The van der Waals surface area contributed by atoms with Crippen LogP contribution in [0, 0.1) is 12.3 Å². The lowest BCUT2D eigenvalue weighted by molar-refractivity contribution is -0.130. The average molecular weight is 353 g/mol. The van der Waals surface area contributed by atoms with E-state index in [1.54, 1.807) is 24.7 Å². The molecule has 0 bridgehead atoms. The first-order chi connectivity index (χ1) is 12.5. The summed E-state index contributed by atoms with van der Waals surface area (Å²) in [6.07, 6.45) is 8.36. The van der Waals surface area contributed by atoms with Gasteiger partial charge in [-0.2, -0.15) is 5.10 Å². The van der Waals surface area contributed by atoms with Gasteiger partial charge in [0.25, 0.3) is 5.91 Å². The molecule has 2 aliphatic rings. The van der Waals surface area contributed by atoms with E-state index in [1.807, 2.05) is 17.9 Å². The predicted octanol–water partition coefficient (Wildman–Crippen LogP) is 1.47. The first-order valence-corrected chi connectivity index (χ1v) is 9.02. The number of rotatable bonds is 4. The Morgan fingerprint density at radius 2 is 2.19 bits per heavy atom. The van der Waals surface area contributed by atoms with Gasteiger partial charge < -0.3 is 10.2 Å². The molecule has 1 saturated carbocycles. The van der Waals surface area contributed by atoms with Crippen molar-refractivity contribution in [3.63, 3.8) is 0 Å². The lowest BCUT2D eigenvalue weighted by Gasteiger charge is -2.45. The number of likely N-dealkylation sites (tertiary alicyclic amines) is 1. The fourth-order valence-electron chi connectivity index (χ4n) is 4.10. The summed E-state index contributed by atoms with van der Waals surface area (Å²) in [5.74, 6) is 0.0877. The Bertz CT molecular complexity index is 794. The lowest BCUT2D eigenvalue weighted by atomic mass is 9.65. The standard InChI is InChI=1S/C19H23N5O2/c1-13-2-3-15(11-20-13)18(26)23-16-7-19(8-16)4-5-24(12-19)17(25)6-14-9-21-22-10-14/h2-3,9-11,16H,4-8,12H2,1H3,(H,21,22)(H,23,26). The number of hydrogen-bond acceptors (Lipinski definition) is 4. The quantitative estimate of drug-likeness (QED) is 0.871. The number of carbonyl (C=O) groups excluding carboxylic acids is 2. The largest absolute Gasteiger partial charge is 0.349 e. The van der Waals surface area contributed by atoms with Crippen LogP contribution in [-0.2, 0) is 11.2 Å². The van der Waals surface area contributed by atoms with E-state index >= 15 is 0 Å². The summed E-state index contributed by atoms with van der Waals surface area (Å²) in [4.78, 5) is 30.8. The van der Waals surface area contributed by atoms with E-state index in [-0.39, 0.29) is 23.3 Å². The van der Waals surface area contributed by atoms with Gasteiger partial charge in [-0.05, 0) is 49.3 Å². The number of hydrogen-bond donors (Lipinski definition) is 2. The number of nitrogens with one attached hydrogen (secondary N) is 2. The number of nitrogens with zero attached hydrogens (tertiary/aromatic N) is 3. The van der Waals surface area contributed by atoms with Crippen molar-refractivity contribution in [3.8, 4) is 0 Å². The number of H-pyrrole nitrogens is 1. The van der Waals surface area contributed by atoms with Crippen LogP contribution >= 0.6 is 0 Å². The molecule has 1 aliphatic heterocycles. The molecule has 1 aliphatic carbocycles. The van der Waals surface area contributed by atoms with Crippen LogP contribution in [0.25, 0.3) is 0 Å². The summed E-state index contributed by atoms with van der Waals surface area (Å²) in [5.41, 5.74) is 2.59. The first-order valence-electron chi connectivity index (χ1n) is 9.02. The van der Waals surface area contributed by atoms with Gasteiger partial charge in [0.15, 0.2) is 0 Å². The number of amides is 2. The summed E-state index contributed by atoms with van der Waals surface area (Å²) in [7, 11) is 0. The maximum atomic E-state index is 12.4. The van der Waals surface area contributed by atoms with Gasteiger partial charge in [0.2, 0.25) is 5.91 Å². The van der Waals surface area contributed by atoms with Crippen molar-refractivity contribution in [1.82, 2.24) is 25.4 Å². The highest BCUT2D eigenvalue weighted by Crippen LogP contribution is 2.48. The molecule has 136 valence electrons. The van der Waals surface area contributed by atoms with Crippen molar-refractivity contribution in [3.05, 3.63) is 47.5 Å². The summed E-state index contributed by atoms with van der Waals surface area (Å²) < 4.78 is 0. The SMILES string of the molecule is Cc1ccc(C(=O)NC2CC3(CCN(C(=O)Cc4cn[nH]c4)C3)C2)cn1. The van der Waals surface area contributed by atoms with Crippen LogP contribution in [0.4, 0.5) is 0 Å². The Labute approximate surface area is 152 Å². The maximum Gasteiger partial charge on any atom is 0.253 e. The van der Waals surface area contributed by atoms with Crippen LogP contribution in [0.5, 0.6) is 0 Å². The van der Waals surface area contributed by atoms with Crippen molar-refractivity contribution >= 4 is 11.8 Å². The maximum absolute atomic E-state index is 12.4. The minimum atomic E-state index is -0.0664. The first kappa shape index (κ1) is 16.8. The van der Waals surface area contributed by atoms with Crippen molar-refractivity contribution in [1.29, 1.82) is 0 Å². The third-order valence-electron chi connectivity index (χ3n) is 5.57. The zero-order valence-electron chi connectivity index (χ0n) is 14.9. The molecule has 0 radical (unpaired) electrons. The van der Waals surface area contributed by atoms with Crippen molar-refractivity contribution in [2.75, 3.05) is 13.1 Å². The summed E-state index contributed by atoms with van der Waals surface area (Å²) in [5, 5.41) is 9.71. The number of aryl methyl sites for hydroxylation is 1. The van der Waals surface area contributed by atoms with Crippen LogP contribution in [-0.4, -0.2) is 51.0 Å². The van der Waals surface area contributed by atoms with Gasteiger partial charge in [0.1, 0.15) is 0 Å². The third-order valence-corrected chi connectivity index (χ3v) is 5.57. The summed E-state index contributed by atoms with van der Waals surface area (Å²) in [6.45, 7) is 3.50. The van der Waals surface area contributed by atoms with E-state index in [2.05, 4.69) is 20.5 Å². The second-order valence-electron chi connectivity index (χ2n) is 7.62. The minimum Gasteiger partial charge on any atom is -0.349 e. The van der Waals surface area contributed by atoms with Crippen molar-refractivity contribution in [2.45, 2.75) is 38.6 Å². The van der Waals surface area contributed by atoms with E-state index in [4.69, 9.17) is 0 Å². The van der Waals surface area contributed by atoms with Crippen molar-refractivity contribution in [2.24, 2.45) is 5.41 Å². The molecule has 2 N–H and O–H groups in total. The third kappa shape index (κ3) is 3.34. The summed E-state index contributed by atoms with van der Waals surface area (Å²) in [6, 6.07) is 3.84. The van der Waals surface area contributed by atoms with Gasteiger partial charge in [0, 0.05) is 37.2 Å². The molecule has 7 heteroatoms. The molecule has 2 amide bonds. The monoisotopic (exact) mass is 353 g/mol. The van der Waals surface area contributed by atoms with E-state index in [0.29, 0.717) is 12.0 Å². The number of aromatic nitrogens is 3. The lowest BCUT2D eigenvalue weighted by Crippen LogP contribution is -2.52. The van der Waals surface area contributed by atoms with E-state index in [1.165, 1.54) is 0 Å². The molecule has 1 spiro atoms. The van der Waals surface area contributed by atoms with E-state index < -0.39 is 0 Å². The molecule has 3 heterocycles. The Hall–Kier alpha value is -2.70. The molecule has 7 nitrogen and oxygen atoms in total. The molecule has 2 aromatic heterocycles. The van der Waals surface area contributed by atoms with Gasteiger partial charge in [0.05, 0.1) is 18.2 Å². The Kier molecular flexibility index (Phi) is 4.22. The molecule has 0 aromatic carbocycles. The molecular weight excluding hydrogens is 330 g/mol. The Balaban J connectivity index is 1.27. The number of carbonyl (C=O) groups is 2. The molecule has 4 rings (SSSR count). The van der Waals surface area contributed by atoms with Crippen LogP contribution in [0.1, 0.15) is 40.9 Å². The fourth-order valence-corrected chi connectivity index (χ4v) is 4.10. The van der Waals surface area contributed by atoms with E-state index in [0.717, 1.165) is 43.6 Å². The smallest absolute Gasteiger partial charge is 0.253 e. The van der Waals surface area contributed by atoms with Gasteiger partial charge in [-0.25, -0.2) is 0 Å². The normalized spacial score (nSPS) is 24.5. The molecular formula is C19H23N5O2. The number of aromatic amines is 1. The Morgan fingerprint density at radius 3 is 2.88 bits per heavy atom. The molecule has 26 heavy (non-hydrogen) atoms. The highest BCUT2D eigenvalue weighted by molar-refractivity contribution is 5.94. The van der Waals surface area contributed by atoms with Crippen LogP contribution in [0.15, 0.2) is 30.7 Å². The van der Waals surface area contributed by atoms with Crippen LogP contribution < -0.4 is 5.32 Å². The van der Waals surface area contributed by atoms with Gasteiger partial charge in [-0.3, -0.25) is 19.7 Å². The zero-order valence-corrected chi connectivity index (χ0v) is 14.9. The predicted molar refractivity (Wildman–Crippen MR) is 95.4 cm³/mol. The molecule has 2 aromatic rings. The van der Waals surface area contributed by atoms with Crippen LogP contribution in [0.3, 0.4) is 0 Å². The van der Waals surface area contributed by atoms with Gasteiger partial charge in [-0.1, -0.05) is 0 Å². The summed E-state index contributed by atoms with van der Waals surface area (Å²) >= 11 is 0. The highest BCUT2D eigenvalue weighted by Gasteiger charge is 2.49. The number of pyridine rings is 1. The minimum absolute atomic E-state index is 0.0664. The highest BCUT2D eigenvalue weighted by atomic mass is 16.2. The van der Waals surface area contributed by atoms with Gasteiger partial charge in [-0.15, -0.1) is 0 Å². The molecule has 0 atom stereocenters. The molecule has 1 saturated heterocycles. The fraction of sp³-hybridized carbons (Fsp3) is 0.474. The van der Waals surface area contributed by atoms with Gasteiger partial charge >= 0.3 is 0 Å². The van der Waals surface area contributed by atoms with Crippen molar-refractivity contribution < 1.29 is 9.59 Å². The zero-order chi connectivity index (χ0) is 18.1. The average Bonchev–Trinajstić information content (AvgIpc) is 3.25. The van der Waals surface area contributed by atoms with Crippen LogP contribution in [0.2, 0.25) is 0 Å². The topological polar surface area (TPSA) is 91.0 Å². The second-order valence-corrected chi connectivity index (χ2v) is 7.62.